The van der Waals surface area contributed by atoms with Gasteiger partial charge in [-0.3, -0.25) is 9.59 Å². The van der Waals surface area contributed by atoms with E-state index >= 15 is 0 Å². The number of carbonyl (C=O) groups excluding carboxylic acids is 2. The Kier molecular flexibility index (Phi) is 10.2. The predicted molar refractivity (Wildman–Crippen MR) is 132 cm³/mol. The Morgan fingerprint density at radius 1 is 1.10 bits per heavy atom. The van der Waals surface area contributed by atoms with E-state index in [4.69, 9.17) is 23.2 Å². The van der Waals surface area contributed by atoms with Crippen molar-refractivity contribution in [2.24, 2.45) is 0 Å². The number of rotatable bonds is 10. The third-order valence-electron chi connectivity index (χ3n) is 5.14. The Balaban J connectivity index is 2.15. The van der Waals surface area contributed by atoms with Gasteiger partial charge in [-0.2, -0.15) is 0 Å². The molecule has 4 nitrogen and oxygen atoms in total. The summed E-state index contributed by atoms with van der Waals surface area (Å²) in [5.41, 5.74) is 3.00. The monoisotopic (exact) mass is 480 g/mol. The van der Waals surface area contributed by atoms with Crippen LogP contribution in [0.4, 0.5) is 0 Å². The first-order valence-electron chi connectivity index (χ1n) is 10.4. The molecule has 168 valence electrons. The van der Waals surface area contributed by atoms with Crippen molar-refractivity contribution < 1.29 is 9.59 Å². The summed E-state index contributed by atoms with van der Waals surface area (Å²) < 4.78 is 0. The molecular weight excluding hydrogens is 451 g/mol. The van der Waals surface area contributed by atoms with Gasteiger partial charge in [0.2, 0.25) is 11.8 Å². The Labute approximate surface area is 199 Å². The van der Waals surface area contributed by atoms with E-state index in [2.05, 4.69) is 11.4 Å². The molecule has 7 heteroatoms. The third-order valence-corrected chi connectivity index (χ3v) is 6.83. The lowest BCUT2D eigenvalue weighted by molar-refractivity contribution is -0.138. The molecule has 2 aromatic rings. The number of carbonyl (C=O) groups is 2. The van der Waals surface area contributed by atoms with Gasteiger partial charge in [-0.1, -0.05) is 66.0 Å². The molecule has 0 saturated heterocycles. The second kappa shape index (κ2) is 12.4. The number of hydrogen-bond donors (Lipinski definition) is 1. The minimum atomic E-state index is -0.645. The summed E-state index contributed by atoms with van der Waals surface area (Å²) in [7, 11) is 0. The highest BCUT2D eigenvalue weighted by Gasteiger charge is 2.27. The maximum absolute atomic E-state index is 13.2. The van der Waals surface area contributed by atoms with Crippen molar-refractivity contribution in [2.75, 3.05) is 5.75 Å². The SMILES string of the molecule is CC[C@@H](C)NC(=O)[C@H](C)N(Cc1c(Cl)cccc1Cl)C(=O)CSCc1cccc(C)c1. The molecule has 0 heterocycles. The standard InChI is InChI=1S/C24H30Cl2N2O2S/c1-5-17(3)27-24(30)18(4)28(13-20-21(25)10-7-11-22(20)26)23(29)15-31-14-19-9-6-8-16(2)12-19/h6-12,17-18H,5,13-15H2,1-4H3,(H,27,30)/t17-,18+/m1/s1. The average molecular weight is 481 g/mol. The number of hydrogen-bond acceptors (Lipinski definition) is 3. The van der Waals surface area contributed by atoms with Crippen LogP contribution in [0, 0.1) is 6.92 Å². The molecule has 31 heavy (non-hydrogen) atoms. The van der Waals surface area contributed by atoms with Gasteiger partial charge in [0.1, 0.15) is 6.04 Å². The second-order valence-electron chi connectivity index (χ2n) is 7.70. The molecule has 2 aromatic carbocycles. The molecule has 0 bridgehead atoms. The van der Waals surface area contributed by atoms with Gasteiger partial charge in [-0.25, -0.2) is 0 Å². The van der Waals surface area contributed by atoms with E-state index in [0.717, 1.165) is 12.2 Å². The Bertz CT molecular complexity index is 887. The van der Waals surface area contributed by atoms with Crippen molar-refractivity contribution in [3.05, 3.63) is 69.2 Å². The van der Waals surface area contributed by atoms with Crippen LogP contribution in [0.1, 0.15) is 43.9 Å². The van der Waals surface area contributed by atoms with E-state index in [1.807, 2.05) is 39.0 Å². The van der Waals surface area contributed by atoms with Gasteiger partial charge in [0, 0.05) is 33.9 Å². The van der Waals surface area contributed by atoms with Crippen molar-refractivity contribution in [1.82, 2.24) is 10.2 Å². The molecule has 0 aliphatic rings. The van der Waals surface area contributed by atoms with Gasteiger partial charge < -0.3 is 10.2 Å². The topological polar surface area (TPSA) is 49.4 Å². The second-order valence-corrected chi connectivity index (χ2v) is 9.50. The van der Waals surface area contributed by atoms with Crippen LogP contribution in [-0.2, 0) is 21.9 Å². The van der Waals surface area contributed by atoms with Crippen LogP contribution in [0.2, 0.25) is 10.0 Å². The number of benzene rings is 2. The maximum Gasteiger partial charge on any atom is 0.242 e. The fourth-order valence-electron chi connectivity index (χ4n) is 3.04. The van der Waals surface area contributed by atoms with Crippen LogP contribution in [0.3, 0.4) is 0 Å². The molecule has 0 radical (unpaired) electrons. The summed E-state index contributed by atoms with van der Waals surface area (Å²) in [6.45, 7) is 7.92. The zero-order valence-corrected chi connectivity index (χ0v) is 20.8. The van der Waals surface area contributed by atoms with Gasteiger partial charge in [-0.15, -0.1) is 11.8 Å². The van der Waals surface area contributed by atoms with E-state index in [1.54, 1.807) is 30.0 Å². The maximum atomic E-state index is 13.2. The number of thioether (sulfide) groups is 1. The van der Waals surface area contributed by atoms with E-state index in [-0.39, 0.29) is 30.2 Å². The van der Waals surface area contributed by atoms with Crippen LogP contribution < -0.4 is 5.32 Å². The molecule has 1 N–H and O–H groups in total. The van der Waals surface area contributed by atoms with E-state index < -0.39 is 6.04 Å². The number of nitrogens with zero attached hydrogens (tertiary/aromatic N) is 1. The minimum absolute atomic E-state index is 0.0338. The number of nitrogens with one attached hydrogen (secondary N) is 1. The normalized spacial score (nSPS) is 12.8. The Hall–Kier alpha value is -1.69. The highest BCUT2D eigenvalue weighted by atomic mass is 35.5. The number of amides is 2. The highest BCUT2D eigenvalue weighted by molar-refractivity contribution is 7.99. The van der Waals surface area contributed by atoms with E-state index in [1.165, 1.54) is 22.9 Å². The Morgan fingerprint density at radius 3 is 2.35 bits per heavy atom. The van der Waals surface area contributed by atoms with Crippen LogP contribution >= 0.6 is 35.0 Å². The average Bonchev–Trinajstić information content (AvgIpc) is 2.73. The lowest BCUT2D eigenvalue weighted by Gasteiger charge is -2.30. The first kappa shape index (κ1) is 25.6. The van der Waals surface area contributed by atoms with Gasteiger partial charge in [0.25, 0.3) is 0 Å². The number of halogens is 2. The first-order chi connectivity index (χ1) is 14.7. The van der Waals surface area contributed by atoms with Crippen LogP contribution in [0.5, 0.6) is 0 Å². The number of aryl methyl sites for hydroxylation is 1. The molecule has 2 amide bonds. The molecule has 0 spiro atoms. The van der Waals surface area contributed by atoms with Crippen LogP contribution in [-0.4, -0.2) is 34.6 Å². The lowest BCUT2D eigenvalue weighted by Crippen LogP contribution is -2.50. The summed E-state index contributed by atoms with van der Waals surface area (Å²) in [6, 6.07) is 12.8. The summed E-state index contributed by atoms with van der Waals surface area (Å²) in [5, 5.41) is 3.92. The van der Waals surface area contributed by atoms with Gasteiger partial charge in [0.05, 0.1) is 5.75 Å². The smallest absolute Gasteiger partial charge is 0.242 e. The Morgan fingerprint density at radius 2 is 1.74 bits per heavy atom. The minimum Gasteiger partial charge on any atom is -0.352 e. The summed E-state index contributed by atoms with van der Waals surface area (Å²) in [4.78, 5) is 27.5. The molecule has 0 fully saturated rings. The summed E-state index contributed by atoms with van der Waals surface area (Å²) in [6.07, 6.45) is 0.815. The zero-order chi connectivity index (χ0) is 23.0. The highest BCUT2D eigenvalue weighted by Crippen LogP contribution is 2.27. The van der Waals surface area contributed by atoms with Crippen LogP contribution in [0.15, 0.2) is 42.5 Å². The molecule has 0 aliphatic heterocycles. The fraction of sp³-hybridized carbons (Fsp3) is 0.417. The van der Waals surface area contributed by atoms with Crippen molar-refractivity contribution in [2.45, 2.75) is 58.5 Å². The van der Waals surface area contributed by atoms with Crippen molar-refractivity contribution in [3.8, 4) is 0 Å². The molecular formula is C24H30Cl2N2O2S. The lowest BCUT2D eigenvalue weighted by atomic mass is 10.1. The molecule has 2 rings (SSSR count). The molecule has 0 saturated carbocycles. The van der Waals surface area contributed by atoms with E-state index in [9.17, 15) is 9.59 Å². The van der Waals surface area contributed by atoms with Gasteiger partial charge in [0.15, 0.2) is 0 Å². The third kappa shape index (κ3) is 7.74. The quantitative estimate of drug-likeness (QED) is 0.462. The molecule has 0 aromatic heterocycles. The van der Waals surface area contributed by atoms with Crippen molar-refractivity contribution >= 4 is 46.8 Å². The molecule has 2 atom stereocenters. The molecule has 0 aliphatic carbocycles. The van der Waals surface area contributed by atoms with E-state index in [0.29, 0.717) is 15.6 Å². The fourth-order valence-corrected chi connectivity index (χ4v) is 4.42. The zero-order valence-electron chi connectivity index (χ0n) is 18.5. The first-order valence-corrected chi connectivity index (χ1v) is 12.3. The molecule has 0 unspecified atom stereocenters. The van der Waals surface area contributed by atoms with Crippen molar-refractivity contribution in [3.63, 3.8) is 0 Å². The van der Waals surface area contributed by atoms with Gasteiger partial charge in [-0.05, 0) is 44.9 Å². The summed E-state index contributed by atoms with van der Waals surface area (Å²) in [5.74, 6) is 0.674. The predicted octanol–water partition coefficient (Wildman–Crippen LogP) is 5.87. The summed E-state index contributed by atoms with van der Waals surface area (Å²) >= 11 is 14.2. The van der Waals surface area contributed by atoms with Gasteiger partial charge >= 0.3 is 0 Å². The van der Waals surface area contributed by atoms with Crippen LogP contribution in [0.25, 0.3) is 0 Å². The van der Waals surface area contributed by atoms with Crippen molar-refractivity contribution in [1.29, 1.82) is 0 Å². The largest absolute Gasteiger partial charge is 0.352 e.